The first-order valence-electron chi connectivity index (χ1n) is 12.4. The highest BCUT2D eigenvalue weighted by molar-refractivity contribution is 7.35. The van der Waals surface area contributed by atoms with E-state index in [-0.39, 0.29) is 0 Å². The zero-order chi connectivity index (χ0) is 25.7. The first-order valence-corrected chi connectivity index (χ1v) is 16.4. The maximum atomic E-state index is 6.75. The van der Waals surface area contributed by atoms with Crippen LogP contribution in [0.25, 0.3) is 0 Å². The number of hydrogen-bond acceptors (Lipinski definition) is 2. The molecule has 0 aliphatic carbocycles. The Bertz CT molecular complexity index is 984. The summed E-state index contributed by atoms with van der Waals surface area (Å²) in [7, 11) is 13.5. The Morgan fingerprint density at radius 3 is 1.47 bits per heavy atom. The monoisotopic (exact) mass is 514 g/mol. The molecular weight excluding hydrogens is 474 g/mol. The second kappa shape index (κ2) is 12.6. The molecular formula is C29H41AlCl2N2. The van der Waals surface area contributed by atoms with Crippen molar-refractivity contribution in [2.24, 2.45) is 4.99 Å². The van der Waals surface area contributed by atoms with Gasteiger partial charge in [-0.25, -0.2) is 20.1 Å². The van der Waals surface area contributed by atoms with Crippen LogP contribution in [0.2, 0.25) is 0 Å². The van der Waals surface area contributed by atoms with Gasteiger partial charge in [-0.3, -0.25) is 4.99 Å². The molecule has 0 aliphatic heterocycles. The van der Waals surface area contributed by atoms with Crippen LogP contribution in [0, 0.1) is 0 Å². The lowest BCUT2D eigenvalue weighted by Crippen LogP contribution is -2.32. The van der Waals surface area contributed by atoms with Gasteiger partial charge in [0, 0.05) is 11.4 Å². The molecule has 5 heteroatoms. The van der Waals surface area contributed by atoms with Crippen molar-refractivity contribution < 1.29 is 0 Å². The van der Waals surface area contributed by atoms with Crippen LogP contribution < -0.4 is 3.88 Å². The summed E-state index contributed by atoms with van der Waals surface area (Å²) < 4.78 is 2.19. The molecule has 2 nitrogen and oxygen atoms in total. The first kappa shape index (κ1) is 29.0. The number of allylic oxidation sites excluding steroid dienone is 2. The lowest BCUT2D eigenvalue weighted by atomic mass is 9.92. The van der Waals surface area contributed by atoms with Crippen molar-refractivity contribution in [2.75, 3.05) is 3.88 Å². The molecule has 184 valence electrons. The second-order valence-corrected chi connectivity index (χ2v) is 14.6. The molecule has 0 amide bonds. The minimum absolute atomic E-state index is 0.367. The number of benzene rings is 2. The van der Waals surface area contributed by atoms with Gasteiger partial charge in [-0.05, 0) is 71.5 Å². The Balaban J connectivity index is 2.67. The Morgan fingerprint density at radius 1 is 0.735 bits per heavy atom. The topological polar surface area (TPSA) is 15.6 Å². The largest absolute Gasteiger partial charge is 0.679 e. The number of aliphatic imine (C=N–C) groups is 1. The standard InChI is InChI=1S/C29H41N2.Al.2ClH/c1-18(2)24-13-11-14-25(19(3)4)28(24)30-22(9)17-23(10)31-29-26(20(5)6)15-12-16-27(29)21(7)8;;;/h11-21H,1-10H3;;2*1H/q-1;+3;;/p-2/b22-17-,31-23?;;;. The van der Waals surface area contributed by atoms with Gasteiger partial charge in [-0.2, -0.15) is 0 Å². The SMILES string of the molecule is CC(/C=C(/C)[N](c1c(C(C)C)cccc1C(C)C)[Al]([Cl])[Cl])=Nc1c(C(C)C)cccc1C(C)C. The Morgan fingerprint density at radius 2 is 1.12 bits per heavy atom. The molecule has 0 spiro atoms. The predicted octanol–water partition coefficient (Wildman–Crippen LogP) is 10.1. The Hall–Kier alpha value is -1.24. The highest BCUT2D eigenvalue weighted by atomic mass is 35.7. The summed E-state index contributed by atoms with van der Waals surface area (Å²) in [6.07, 6.45) is 2.13. The molecule has 0 N–H and O–H groups in total. The van der Waals surface area contributed by atoms with E-state index in [2.05, 4.69) is 116 Å². The highest BCUT2D eigenvalue weighted by Gasteiger charge is 2.30. The van der Waals surface area contributed by atoms with Crippen LogP contribution in [0.3, 0.4) is 0 Å². The average Bonchev–Trinajstić information content (AvgIpc) is 2.72. The minimum atomic E-state index is -2.25. The molecule has 0 aromatic heterocycles. The van der Waals surface area contributed by atoms with Gasteiger partial charge in [0.25, 0.3) is 0 Å². The molecule has 0 saturated carbocycles. The molecule has 2 rings (SSSR count). The molecule has 0 aliphatic rings. The lowest BCUT2D eigenvalue weighted by molar-refractivity contribution is 0.831. The fraction of sp³-hybridized carbons (Fsp3) is 0.483. The number of halogens is 2. The van der Waals surface area contributed by atoms with E-state index in [0.717, 1.165) is 17.1 Å². The average molecular weight is 516 g/mol. The number of anilines is 1. The molecule has 34 heavy (non-hydrogen) atoms. The minimum Gasteiger partial charge on any atom is -0.412 e. The first-order chi connectivity index (χ1) is 15.9. The van der Waals surface area contributed by atoms with Gasteiger partial charge in [0.1, 0.15) is 0 Å². The Kier molecular flexibility index (Phi) is 10.8. The van der Waals surface area contributed by atoms with E-state index < -0.39 is 12.5 Å². The third-order valence-corrected chi connectivity index (χ3v) is 8.43. The van der Waals surface area contributed by atoms with Crippen molar-refractivity contribution in [1.82, 2.24) is 0 Å². The van der Waals surface area contributed by atoms with Crippen molar-refractivity contribution in [3.8, 4) is 0 Å². The number of rotatable bonds is 9. The normalized spacial score (nSPS) is 12.9. The van der Waals surface area contributed by atoms with Crippen LogP contribution in [-0.4, -0.2) is 18.2 Å². The summed E-state index contributed by atoms with van der Waals surface area (Å²) in [5.41, 5.74) is 9.36. The van der Waals surface area contributed by atoms with E-state index in [1.165, 1.54) is 27.9 Å². The number of nitrogens with zero attached hydrogens (tertiary/aromatic N) is 2. The molecule has 2 aromatic rings. The predicted molar refractivity (Wildman–Crippen MR) is 156 cm³/mol. The van der Waals surface area contributed by atoms with Gasteiger partial charge >= 0.3 is 12.5 Å². The van der Waals surface area contributed by atoms with Crippen LogP contribution >= 0.6 is 20.1 Å². The lowest BCUT2D eigenvalue weighted by Gasteiger charge is -2.33. The van der Waals surface area contributed by atoms with Crippen molar-refractivity contribution in [3.05, 3.63) is 70.4 Å². The third kappa shape index (κ3) is 6.92. The maximum Gasteiger partial charge on any atom is 0.679 e. The summed E-state index contributed by atoms with van der Waals surface area (Å²) in [5.74, 6) is 1.54. The molecule has 0 fully saturated rings. The zero-order valence-corrected chi connectivity index (χ0v) is 25.2. The fourth-order valence-electron chi connectivity index (χ4n) is 4.44. The molecule has 0 heterocycles. The van der Waals surface area contributed by atoms with E-state index in [1.54, 1.807) is 0 Å². The Labute approximate surface area is 221 Å². The fourth-order valence-corrected chi connectivity index (χ4v) is 6.82. The van der Waals surface area contributed by atoms with Crippen LogP contribution in [0.5, 0.6) is 0 Å². The van der Waals surface area contributed by atoms with E-state index in [4.69, 9.17) is 25.1 Å². The summed E-state index contributed by atoms with van der Waals surface area (Å²) in [6.45, 7) is 22.0. The van der Waals surface area contributed by atoms with Crippen molar-refractivity contribution in [1.29, 1.82) is 0 Å². The summed E-state index contributed by atoms with van der Waals surface area (Å²) in [5, 5.41) is 0. The van der Waals surface area contributed by atoms with Crippen molar-refractivity contribution >= 4 is 49.7 Å². The maximum absolute atomic E-state index is 6.75. The van der Waals surface area contributed by atoms with Gasteiger partial charge in [0.2, 0.25) is 0 Å². The van der Waals surface area contributed by atoms with Crippen molar-refractivity contribution in [2.45, 2.75) is 92.9 Å². The van der Waals surface area contributed by atoms with E-state index >= 15 is 0 Å². The van der Waals surface area contributed by atoms with Gasteiger partial charge in [-0.15, -0.1) is 0 Å². The molecule has 0 saturated heterocycles. The zero-order valence-electron chi connectivity index (χ0n) is 22.6. The molecule has 0 unspecified atom stereocenters. The van der Waals surface area contributed by atoms with Gasteiger partial charge in [0.15, 0.2) is 0 Å². The van der Waals surface area contributed by atoms with Crippen LogP contribution in [0.4, 0.5) is 11.4 Å². The van der Waals surface area contributed by atoms with Crippen LogP contribution in [-0.2, 0) is 0 Å². The van der Waals surface area contributed by atoms with Crippen molar-refractivity contribution in [3.63, 3.8) is 0 Å². The van der Waals surface area contributed by atoms with Gasteiger partial charge in [-0.1, -0.05) is 91.8 Å². The summed E-state index contributed by atoms with van der Waals surface area (Å²) >= 11 is -2.25. The molecule has 0 bridgehead atoms. The summed E-state index contributed by atoms with van der Waals surface area (Å²) in [6, 6.07) is 13.1. The van der Waals surface area contributed by atoms with Gasteiger partial charge < -0.3 is 3.88 Å². The second-order valence-electron chi connectivity index (χ2n) is 10.4. The van der Waals surface area contributed by atoms with E-state index in [9.17, 15) is 0 Å². The molecule has 2 aromatic carbocycles. The van der Waals surface area contributed by atoms with Crippen LogP contribution in [0.15, 0.2) is 53.2 Å². The third-order valence-electron chi connectivity index (χ3n) is 6.21. The van der Waals surface area contributed by atoms with Crippen LogP contribution in [0.1, 0.15) is 115 Å². The van der Waals surface area contributed by atoms with E-state index in [1.807, 2.05) is 0 Å². The molecule has 0 atom stereocenters. The quantitative estimate of drug-likeness (QED) is 0.240. The summed E-state index contributed by atoms with van der Waals surface area (Å²) in [4.78, 5) is 5.13. The number of para-hydroxylation sites is 2. The smallest absolute Gasteiger partial charge is 0.412 e. The van der Waals surface area contributed by atoms with Gasteiger partial charge in [0.05, 0.1) is 5.69 Å². The molecule has 0 radical (unpaired) electrons. The van der Waals surface area contributed by atoms with E-state index in [0.29, 0.717) is 23.7 Å². The number of hydrogen-bond donors (Lipinski definition) is 0. The highest BCUT2D eigenvalue weighted by Crippen LogP contribution is 2.39.